The van der Waals surface area contributed by atoms with E-state index in [0.717, 1.165) is 11.1 Å². The lowest BCUT2D eigenvalue weighted by molar-refractivity contribution is 0.0730. The predicted molar refractivity (Wildman–Crippen MR) is 166 cm³/mol. The summed E-state index contributed by atoms with van der Waals surface area (Å²) in [7, 11) is -4.37. The molecule has 0 aliphatic carbocycles. The van der Waals surface area contributed by atoms with Gasteiger partial charge in [-0.15, -0.1) is 0 Å². The molecule has 2 aromatic carbocycles. The Labute approximate surface area is 257 Å². The fourth-order valence-corrected chi connectivity index (χ4v) is 7.52. The minimum atomic E-state index is -3.88. The number of rotatable bonds is 11. The maximum atomic E-state index is 12.9. The standard InChI is InChI=1S/C30H36N6O6S2/c1-5-25(21-9-7-11-23(13-21)33-43(38,39)27-16-35(3)19-31-27)29-26(37)15-30(6-2,18-42-29)22-10-8-12-24(14-22)34-44(40,41)28-17-36(4)20-32-28/h7-14,16-17,19-20,25,33-34,37H,5-6,15,18H2,1-4H3. The Morgan fingerprint density at radius 2 is 1.48 bits per heavy atom. The summed E-state index contributed by atoms with van der Waals surface area (Å²) in [6.45, 7) is 4.24. The first kappa shape index (κ1) is 31.1. The van der Waals surface area contributed by atoms with Gasteiger partial charge in [0, 0.05) is 55.6 Å². The highest BCUT2D eigenvalue weighted by Gasteiger charge is 2.39. The van der Waals surface area contributed by atoms with Gasteiger partial charge in [0.2, 0.25) is 0 Å². The van der Waals surface area contributed by atoms with E-state index >= 15 is 0 Å². The number of anilines is 2. The fourth-order valence-electron chi connectivity index (χ4n) is 5.45. The minimum absolute atomic E-state index is 0.0824. The molecule has 3 heterocycles. The van der Waals surface area contributed by atoms with E-state index in [2.05, 4.69) is 19.4 Å². The molecule has 0 amide bonds. The van der Waals surface area contributed by atoms with Crippen LogP contribution in [-0.4, -0.2) is 47.7 Å². The van der Waals surface area contributed by atoms with Crippen molar-refractivity contribution in [3.05, 3.63) is 96.2 Å². The number of aliphatic hydroxyl groups is 1. The van der Waals surface area contributed by atoms with Crippen molar-refractivity contribution >= 4 is 31.4 Å². The SMILES string of the molecule is CCC(C1=C(O)CC(CC)(c2cccc(NS(=O)(=O)c3cn(C)cn3)c2)CO1)c1cccc(NS(=O)(=O)c2cn(C)cn2)c1. The van der Waals surface area contributed by atoms with Crippen LogP contribution >= 0.6 is 0 Å². The molecule has 0 bridgehead atoms. The summed E-state index contributed by atoms with van der Waals surface area (Å²) in [5.41, 5.74) is 1.76. The number of benzene rings is 2. The first-order chi connectivity index (χ1) is 20.9. The largest absolute Gasteiger partial charge is 0.509 e. The molecule has 12 nitrogen and oxygen atoms in total. The second kappa shape index (κ2) is 12.0. The van der Waals surface area contributed by atoms with E-state index in [1.165, 1.54) is 25.0 Å². The molecule has 1 aliphatic heterocycles. The van der Waals surface area contributed by atoms with Crippen molar-refractivity contribution in [3.63, 3.8) is 0 Å². The van der Waals surface area contributed by atoms with Gasteiger partial charge < -0.3 is 19.0 Å². The molecule has 4 aromatic rings. The quantitative estimate of drug-likeness (QED) is 0.211. The number of aliphatic hydroxyl groups excluding tert-OH is 1. The molecule has 2 unspecified atom stereocenters. The topological polar surface area (TPSA) is 157 Å². The number of allylic oxidation sites excluding steroid dienone is 2. The number of hydrogen-bond donors (Lipinski definition) is 3. The number of aryl methyl sites for hydroxylation is 2. The number of aromatic nitrogens is 4. The zero-order valence-electron chi connectivity index (χ0n) is 24.9. The molecule has 5 rings (SSSR count). The fraction of sp³-hybridized carbons (Fsp3) is 0.333. The van der Waals surface area contributed by atoms with Crippen LogP contribution in [-0.2, 0) is 44.3 Å². The van der Waals surface area contributed by atoms with Gasteiger partial charge in [0.15, 0.2) is 10.1 Å². The van der Waals surface area contributed by atoms with Gasteiger partial charge in [-0.2, -0.15) is 16.8 Å². The second-order valence-electron chi connectivity index (χ2n) is 11.0. The number of ether oxygens (including phenoxy) is 1. The molecule has 44 heavy (non-hydrogen) atoms. The summed E-state index contributed by atoms with van der Waals surface area (Å²) in [6.07, 6.45) is 7.20. The van der Waals surface area contributed by atoms with Gasteiger partial charge in [0.1, 0.15) is 11.5 Å². The summed E-state index contributed by atoms with van der Waals surface area (Å²) < 4.78 is 66.0. The molecule has 0 saturated heterocycles. The zero-order chi connectivity index (χ0) is 31.7. The summed E-state index contributed by atoms with van der Waals surface area (Å²) in [6, 6.07) is 14.1. The Morgan fingerprint density at radius 3 is 1.98 bits per heavy atom. The third-order valence-electron chi connectivity index (χ3n) is 7.88. The van der Waals surface area contributed by atoms with Crippen LogP contribution < -0.4 is 9.44 Å². The van der Waals surface area contributed by atoms with Crippen LogP contribution in [0, 0.1) is 0 Å². The monoisotopic (exact) mass is 640 g/mol. The van der Waals surface area contributed by atoms with Gasteiger partial charge in [0.05, 0.1) is 19.3 Å². The van der Waals surface area contributed by atoms with E-state index < -0.39 is 25.5 Å². The summed E-state index contributed by atoms with van der Waals surface area (Å²) in [5.74, 6) is 0.220. The predicted octanol–water partition coefficient (Wildman–Crippen LogP) is 4.79. The van der Waals surface area contributed by atoms with E-state index in [1.807, 2.05) is 26.0 Å². The van der Waals surface area contributed by atoms with Crippen molar-refractivity contribution in [3.8, 4) is 0 Å². The molecule has 0 saturated carbocycles. The molecule has 3 N–H and O–H groups in total. The highest BCUT2D eigenvalue weighted by Crippen LogP contribution is 2.44. The Hall–Kier alpha value is -4.30. The van der Waals surface area contributed by atoms with Crippen LogP contribution in [0.15, 0.2) is 95.1 Å². The third-order valence-corrected chi connectivity index (χ3v) is 10.4. The smallest absolute Gasteiger partial charge is 0.280 e. The molecule has 0 spiro atoms. The van der Waals surface area contributed by atoms with E-state index in [9.17, 15) is 21.9 Å². The van der Waals surface area contributed by atoms with Gasteiger partial charge >= 0.3 is 0 Å². The van der Waals surface area contributed by atoms with Crippen molar-refractivity contribution in [2.45, 2.75) is 54.5 Å². The lowest BCUT2D eigenvalue weighted by atomic mass is 9.73. The lowest BCUT2D eigenvalue weighted by Crippen LogP contribution is -2.36. The van der Waals surface area contributed by atoms with Crippen LogP contribution in [0.3, 0.4) is 0 Å². The number of nitrogens with one attached hydrogen (secondary N) is 2. The van der Waals surface area contributed by atoms with Gasteiger partial charge in [-0.3, -0.25) is 9.44 Å². The number of sulfonamides is 2. The van der Waals surface area contributed by atoms with E-state index in [0.29, 0.717) is 30.0 Å². The van der Waals surface area contributed by atoms with Crippen molar-refractivity contribution in [2.75, 3.05) is 16.1 Å². The maximum absolute atomic E-state index is 12.9. The number of imidazole rings is 2. The third kappa shape index (κ3) is 6.31. The van der Waals surface area contributed by atoms with Crippen molar-refractivity contribution in [1.82, 2.24) is 19.1 Å². The molecule has 0 fully saturated rings. The molecule has 2 aromatic heterocycles. The Bertz CT molecular complexity index is 1910. The Balaban J connectivity index is 1.38. The van der Waals surface area contributed by atoms with Crippen LogP contribution in [0.4, 0.5) is 11.4 Å². The number of hydrogen-bond acceptors (Lipinski definition) is 8. The Kier molecular flexibility index (Phi) is 8.49. The van der Waals surface area contributed by atoms with Crippen molar-refractivity contribution < 1.29 is 26.7 Å². The Morgan fingerprint density at radius 1 is 0.909 bits per heavy atom. The van der Waals surface area contributed by atoms with Crippen LogP contribution in [0.1, 0.15) is 50.2 Å². The summed E-state index contributed by atoms with van der Waals surface area (Å²) in [4.78, 5) is 7.89. The van der Waals surface area contributed by atoms with E-state index in [-0.39, 0.29) is 34.8 Å². The molecule has 0 radical (unpaired) electrons. The van der Waals surface area contributed by atoms with Gasteiger partial charge in [-0.1, -0.05) is 38.1 Å². The highest BCUT2D eigenvalue weighted by atomic mass is 32.2. The van der Waals surface area contributed by atoms with Gasteiger partial charge in [-0.05, 0) is 48.2 Å². The zero-order valence-corrected chi connectivity index (χ0v) is 26.6. The second-order valence-corrected chi connectivity index (χ2v) is 14.3. The van der Waals surface area contributed by atoms with Crippen LogP contribution in [0.2, 0.25) is 0 Å². The minimum Gasteiger partial charge on any atom is -0.509 e. The van der Waals surface area contributed by atoms with Crippen molar-refractivity contribution in [2.24, 2.45) is 14.1 Å². The first-order valence-corrected chi connectivity index (χ1v) is 17.1. The molecule has 1 aliphatic rings. The molecule has 234 valence electrons. The first-order valence-electron chi connectivity index (χ1n) is 14.1. The average Bonchev–Trinajstić information content (AvgIpc) is 3.63. The molecular formula is C30H36N6O6S2. The normalized spacial score (nSPS) is 18.1. The maximum Gasteiger partial charge on any atom is 0.280 e. The molecular weight excluding hydrogens is 604 g/mol. The average molecular weight is 641 g/mol. The van der Waals surface area contributed by atoms with Crippen molar-refractivity contribution in [1.29, 1.82) is 0 Å². The number of nitrogens with zero attached hydrogens (tertiary/aromatic N) is 4. The summed E-state index contributed by atoms with van der Waals surface area (Å²) in [5, 5.41) is 11.2. The van der Waals surface area contributed by atoms with E-state index in [4.69, 9.17) is 4.74 Å². The van der Waals surface area contributed by atoms with Crippen LogP contribution in [0.5, 0.6) is 0 Å². The highest BCUT2D eigenvalue weighted by molar-refractivity contribution is 7.93. The van der Waals surface area contributed by atoms with Gasteiger partial charge in [-0.25, -0.2) is 9.97 Å². The lowest BCUT2D eigenvalue weighted by Gasteiger charge is -2.39. The molecule has 2 atom stereocenters. The van der Waals surface area contributed by atoms with Crippen LogP contribution in [0.25, 0.3) is 0 Å². The summed E-state index contributed by atoms with van der Waals surface area (Å²) >= 11 is 0. The molecule has 14 heteroatoms. The van der Waals surface area contributed by atoms with Gasteiger partial charge in [0.25, 0.3) is 20.0 Å². The van der Waals surface area contributed by atoms with E-state index in [1.54, 1.807) is 59.6 Å².